The summed E-state index contributed by atoms with van der Waals surface area (Å²) in [5, 5.41) is 0.848. The fourth-order valence-corrected chi connectivity index (χ4v) is 3.39. The lowest BCUT2D eigenvalue weighted by molar-refractivity contribution is -0.148. The van der Waals surface area contributed by atoms with Crippen molar-refractivity contribution in [1.82, 2.24) is 4.90 Å². The Morgan fingerprint density at radius 2 is 1.79 bits per heavy atom. The summed E-state index contributed by atoms with van der Waals surface area (Å²) in [7, 11) is 0. The van der Waals surface area contributed by atoms with Crippen LogP contribution in [0.3, 0.4) is 0 Å². The molecule has 0 atom stereocenters. The first-order valence-electron chi connectivity index (χ1n) is 9.01. The predicted molar refractivity (Wildman–Crippen MR) is 112 cm³/mol. The van der Waals surface area contributed by atoms with Gasteiger partial charge >= 0.3 is 5.97 Å². The summed E-state index contributed by atoms with van der Waals surface area (Å²) in [4.78, 5) is 27.9. The average Bonchev–Trinajstić information content (AvgIpc) is 2.72. The van der Waals surface area contributed by atoms with Gasteiger partial charge in [-0.05, 0) is 36.4 Å². The highest BCUT2D eigenvalue weighted by Crippen LogP contribution is 2.21. The third kappa shape index (κ3) is 5.71. The van der Waals surface area contributed by atoms with Crippen molar-refractivity contribution in [2.75, 3.05) is 37.7 Å². The molecule has 0 radical (unpaired) electrons. The van der Waals surface area contributed by atoms with Crippen LogP contribution in [0.2, 0.25) is 10.0 Å². The molecule has 0 aliphatic carbocycles. The third-order valence-electron chi connectivity index (χ3n) is 4.53. The first kappa shape index (κ1) is 21.1. The average molecular weight is 437 g/mol. The molecule has 1 fully saturated rings. The van der Waals surface area contributed by atoms with Crippen LogP contribution in [0, 0.1) is 5.82 Å². The molecule has 0 saturated carbocycles. The first-order chi connectivity index (χ1) is 13.9. The Hall–Kier alpha value is -2.57. The maximum atomic E-state index is 13.7. The molecule has 2 aromatic rings. The summed E-state index contributed by atoms with van der Waals surface area (Å²) in [6.07, 6.45) is 2.28. The van der Waals surface area contributed by atoms with E-state index in [-0.39, 0.29) is 23.1 Å². The minimum atomic E-state index is -0.741. The quantitative estimate of drug-likeness (QED) is 0.524. The zero-order chi connectivity index (χ0) is 20.8. The number of carbonyl (C=O) groups excluding carboxylic acids is 2. The zero-order valence-corrected chi connectivity index (χ0v) is 17.0. The van der Waals surface area contributed by atoms with Crippen molar-refractivity contribution in [2.24, 2.45) is 0 Å². The lowest BCUT2D eigenvalue weighted by Crippen LogP contribution is -2.49. The summed E-state index contributed by atoms with van der Waals surface area (Å²) < 4.78 is 18.6. The Labute approximate surface area is 178 Å². The molecule has 5 nitrogen and oxygen atoms in total. The number of benzene rings is 2. The highest BCUT2D eigenvalue weighted by Gasteiger charge is 2.22. The third-order valence-corrected chi connectivity index (χ3v) is 5.09. The monoisotopic (exact) mass is 436 g/mol. The zero-order valence-electron chi connectivity index (χ0n) is 15.5. The van der Waals surface area contributed by atoms with Crippen molar-refractivity contribution < 1.29 is 18.7 Å². The van der Waals surface area contributed by atoms with Crippen molar-refractivity contribution in [3.05, 3.63) is 70.0 Å². The molecule has 29 heavy (non-hydrogen) atoms. The molecule has 1 aliphatic rings. The van der Waals surface area contributed by atoms with E-state index in [1.165, 1.54) is 24.3 Å². The summed E-state index contributed by atoms with van der Waals surface area (Å²) in [5.41, 5.74) is 1.10. The van der Waals surface area contributed by atoms with Crippen molar-refractivity contribution in [3.8, 4) is 0 Å². The van der Waals surface area contributed by atoms with Gasteiger partial charge in [0.15, 0.2) is 6.61 Å². The summed E-state index contributed by atoms with van der Waals surface area (Å²) in [6, 6.07) is 11.8. The highest BCUT2D eigenvalue weighted by atomic mass is 35.5. The number of anilines is 1. The Morgan fingerprint density at radius 1 is 1.07 bits per heavy atom. The Balaban J connectivity index is 1.46. The van der Waals surface area contributed by atoms with E-state index in [2.05, 4.69) is 4.90 Å². The predicted octanol–water partition coefficient (Wildman–Crippen LogP) is 4.04. The summed E-state index contributed by atoms with van der Waals surface area (Å²) >= 11 is 11.9. The maximum absolute atomic E-state index is 13.7. The van der Waals surface area contributed by atoms with E-state index >= 15 is 0 Å². The number of hydrogen-bond acceptors (Lipinski definition) is 4. The summed E-state index contributed by atoms with van der Waals surface area (Å²) in [5.74, 6) is -1.56. The number of piperazine rings is 1. The fraction of sp³-hybridized carbons (Fsp3) is 0.238. The lowest BCUT2D eigenvalue weighted by atomic mass is 10.2. The van der Waals surface area contributed by atoms with Gasteiger partial charge in [0, 0.05) is 48.5 Å². The smallest absolute Gasteiger partial charge is 0.331 e. The van der Waals surface area contributed by atoms with Gasteiger partial charge in [0.1, 0.15) is 5.82 Å². The second kappa shape index (κ2) is 9.76. The molecule has 1 saturated heterocycles. The van der Waals surface area contributed by atoms with E-state index in [1.807, 2.05) is 24.3 Å². The second-order valence-electron chi connectivity index (χ2n) is 6.42. The highest BCUT2D eigenvalue weighted by molar-refractivity contribution is 6.32. The molecule has 152 valence electrons. The Morgan fingerprint density at radius 3 is 2.48 bits per heavy atom. The number of halogens is 3. The van der Waals surface area contributed by atoms with Gasteiger partial charge in [0.05, 0.1) is 5.02 Å². The van der Waals surface area contributed by atoms with E-state index in [0.717, 1.165) is 11.8 Å². The van der Waals surface area contributed by atoms with Crippen LogP contribution in [0.5, 0.6) is 0 Å². The fourth-order valence-electron chi connectivity index (χ4n) is 2.98. The molecule has 0 spiro atoms. The minimum absolute atomic E-state index is 0.0922. The van der Waals surface area contributed by atoms with E-state index in [0.29, 0.717) is 31.2 Å². The van der Waals surface area contributed by atoms with Crippen molar-refractivity contribution in [2.45, 2.75) is 0 Å². The van der Waals surface area contributed by atoms with Gasteiger partial charge in [0.25, 0.3) is 5.91 Å². The number of nitrogens with zero attached hydrogens (tertiary/aromatic N) is 2. The molecule has 3 rings (SSSR count). The van der Waals surface area contributed by atoms with E-state index in [4.69, 9.17) is 27.9 Å². The van der Waals surface area contributed by atoms with Crippen LogP contribution in [-0.4, -0.2) is 49.6 Å². The van der Waals surface area contributed by atoms with Gasteiger partial charge in [0.2, 0.25) is 0 Å². The topological polar surface area (TPSA) is 49.9 Å². The van der Waals surface area contributed by atoms with Gasteiger partial charge < -0.3 is 14.5 Å². The van der Waals surface area contributed by atoms with Gasteiger partial charge in [-0.2, -0.15) is 0 Å². The minimum Gasteiger partial charge on any atom is -0.452 e. The first-order valence-corrected chi connectivity index (χ1v) is 9.77. The molecule has 0 N–H and O–H groups in total. The molecule has 0 unspecified atom stereocenters. The second-order valence-corrected chi connectivity index (χ2v) is 7.27. The van der Waals surface area contributed by atoms with Crippen molar-refractivity contribution in [1.29, 1.82) is 0 Å². The number of rotatable bonds is 5. The number of amides is 1. The molecule has 1 aliphatic heterocycles. The van der Waals surface area contributed by atoms with E-state index in [1.54, 1.807) is 4.90 Å². The Kier molecular flexibility index (Phi) is 7.12. The number of esters is 1. The molecule has 1 amide bonds. The molecule has 8 heteroatoms. The standard InChI is InChI=1S/C21H19Cl2FN2O3/c22-15-3-1-4-16(13-15)25-9-11-26(12-10-25)20(27)14-29-21(28)8-7-17-18(23)5-2-6-19(17)24/h1-8,13H,9-12,14H2/b8-7+. The molecular weight excluding hydrogens is 418 g/mol. The number of hydrogen-bond donors (Lipinski definition) is 0. The van der Waals surface area contributed by atoms with Crippen LogP contribution >= 0.6 is 23.2 Å². The van der Waals surface area contributed by atoms with Gasteiger partial charge in [-0.1, -0.05) is 35.3 Å². The number of carbonyl (C=O) groups is 2. The van der Waals surface area contributed by atoms with Crippen LogP contribution in [0.1, 0.15) is 5.56 Å². The van der Waals surface area contributed by atoms with Gasteiger partial charge in [-0.3, -0.25) is 4.79 Å². The van der Waals surface area contributed by atoms with Crippen LogP contribution in [0.25, 0.3) is 6.08 Å². The van der Waals surface area contributed by atoms with Crippen LogP contribution < -0.4 is 4.90 Å². The Bertz CT molecular complexity index is 908. The molecule has 2 aromatic carbocycles. The van der Waals surface area contributed by atoms with Gasteiger partial charge in [-0.15, -0.1) is 0 Å². The van der Waals surface area contributed by atoms with Crippen LogP contribution in [-0.2, 0) is 14.3 Å². The lowest BCUT2D eigenvalue weighted by Gasteiger charge is -2.36. The molecular formula is C21H19Cl2FN2O3. The van der Waals surface area contributed by atoms with Crippen molar-refractivity contribution in [3.63, 3.8) is 0 Å². The van der Waals surface area contributed by atoms with Gasteiger partial charge in [-0.25, -0.2) is 9.18 Å². The summed E-state index contributed by atoms with van der Waals surface area (Å²) in [6.45, 7) is 1.98. The maximum Gasteiger partial charge on any atom is 0.331 e. The molecule has 0 bridgehead atoms. The van der Waals surface area contributed by atoms with Crippen molar-refractivity contribution >= 4 is 46.8 Å². The SMILES string of the molecule is O=C(/C=C/c1c(F)cccc1Cl)OCC(=O)N1CCN(c2cccc(Cl)c2)CC1. The normalized spacial score (nSPS) is 14.3. The molecule has 1 heterocycles. The van der Waals surface area contributed by atoms with E-state index < -0.39 is 11.8 Å². The molecule has 0 aromatic heterocycles. The number of ether oxygens (including phenoxy) is 1. The van der Waals surface area contributed by atoms with Crippen LogP contribution in [0.4, 0.5) is 10.1 Å². The van der Waals surface area contributed by atoms with Crippen LogP contribution in [0.15, 0.2) is 48.5 Å². The largest absolute Gasteiger partial charge is 0.452 e. The van der Waals surface area contributed by atoms with E-state index in [9.17, 15) is 14.0 Å².